The summed E-state index contributed by atoms with van der Waals surface area (Å²) in [6.45, 7) is 7.14. The van der Waals surface area contributed by atoms with Gasteiger partial charge in [0, 0.05) is 16.2 Å². The lowest BCUT2D eigenvalue weighted by atomic mass is 9.89. The molecular weight excluding hydrogens is 504 g/mol. The molecule has 1 N–H and O–H groups in total. The number of nitrogens with zero attached hydrogens (tertiary/aromatic N) is 1. The molecule has 1 fully saturated rings. The van der Waals surface area contributed by atoms with E-state index in [1.54, 1.807) is 13.0 Å². The van der Waals surface area contributed by atoms with Crippen LogP contribution in [0.3, 0.4) is 0 Å². The van der Waals surface area contributed by atoms with Crippen molar-refractivity contribution >= 4 is 60.1 Å². The maximum atomic E-state index is 13.5. The van der Waals surface area contributed by atoms with Crippen molar-refractivity contribution in [1.29, 1.82) is 5.26 Å². The maximum Gasteiger partial charge on any atom is 0.171 e. The molecule has 158 valence electrons. The van der Waals surface area contributed by atoms with Crippen LogP contribution < -0.4 is 4.72 Å². The molecule has 2 rings (SSSR count). The zero-order chi connectivity index (χ0) is 21.4. The van der Waals surface area contributed by atoms with Crippen LogP contribution in [0.4, 0.5) is 0 Å². The van der Waals surface area contributed by atoms with Crippen LogP contribution in [-0.2, 0) is 26.7 Å². The Balaban J connectivity index is 2.50. The van der Waals surface area contributed by atoms with Crippen molar-refractivity contribution in [3.8, 4) is 6.07 Å². The van der Waals surface area contributed by atoms with Crippen molar-refractivity contribution in [3.63, 3.8) is 0 Å². The van der Waals surface area contributed by atoms with Crippen molar-refractivity contribution in [2.24, 2.45) is 0 Å². The molecule has 1 aromatic heterocycles. The molecule has 0 radical (unpaired) electrons. The third-order valence-corrected chi connectivity index (χ3v) is 11.7. The van der Waals surface area contributed by atoms with Gasteiger partial charge in [0.15, 0.2) is 14.6 Å². The zero-order valence-corrected chi connectivity index (χ0v) is 21.3. The maximum absolute atomic E-state index is 13.5. The summed E-state index contributed by atoms with van der Waals surface area (Å²) in [5.74, 6) is -0.345. The Kier molecular flexibility index (Phi) is 7.63. The Morgan fingerprint density at radius 3 is 2.36 bits per heavy atom. The van der Waals surface area contributed by atoms with Crippen LogP contribution >= 0.6 is 38.9 Å². The van der Waals surface area contributed by atoms with E-state index in [2.05, 4.69) is 26.7 Å². The highest BCUT2D eigenvalue weighted by molar-refractivity contribution is 9.11. The van der Waals surface area contributed by atoms with E-state index in [1.165, 1.54) is 11.3 Å². The number of sulfone groups is 1. The smallest absolute Gasteiger partial charge is 0.171 e. The summed E-state index contributed by atoms with van der Waals surface area (Å²) in [5.41, 5.74) is -1.19. The lowest BCUT2D eigenvalue weighted by Gasteiger charge is -2.37. The molecule has 0 aromatic carbocycles. The molecule has 1 heterocycles. The number of hydrogen-bond acceptors (Lipinski definition) is 6. The standard InChI is InChI=1S/C18H26BrClN2O3S3/c1-16(2,3)27(23)22-17(4,15-13(20)10-14(19)26-15)12-28(24,25)18(11-21)8-6-5-7-9-18/h10,22H,5-9,12H2,1-4H3/t17-,27+/m0/s1. The van der Waals surface area contributed by atoms with Crippen LogP contribution in [0.15, 0.2) is 9.85 Å². The van der Waals surface area contributed by atoms with Crippen molar-refractivity contribution in [2.45, 2.75) is 74.8 Å². The van der Waals surface area contributed by atoms with E-state index in [0.717, 1.165) is 23.0 Å². The molecular formula is C18H26BrClN2O3S3. The van der Waals surface area contributed by atoms with E-state index in [-0.39, 0.29) is 5.75 Å². The van der Waals surface area contributed by atoms with Gasteiger partial charge in [0.05, 0.1) is 20.6 Å². The van der Waals surface area contributed by atoms with Gasteiger partial charge in [-0.05, 0) is 62.5 Å². The second-order valence-electron chi connectivity index (χ2n) is 8.47. The summed E-state index contributed by atoms with van der Waals surface area (Å²) in [6, 6.07) is 3.81. The molecule has 1 saturated carbocycles. The first-order chi connectivity index (χ1) is 12.8. The summed E-state index contributed by atoms with van der Waals surface area (Å²) in [4.78, 5) is 0.589. The van der Waals surface area contributed by atoms with E-state index < -0.39 is 36.2 Å². The fraction of sp³-hybridized carbons (Fsp3) is 0.722. The van der Waals surface area contributed by atoms with Crippen molar-refractivity contribution < 1.29 is 13.0 Å². The predicted molar refractivity (Wildman–Crippen MR) is 121 cm³/mol. The normalized spacial score (nSPS) is 20.9. The third-order valence-electron chi connectivity index (χ3n) is 4.97. The third kappa shape index (κ3) is 5.08. The van der Waals surface area contributed by atoms with Crippen molar-refractivity contribution in [1.82, 2.24) is 4.72 Å². The number of thiophene rings is 1. The minimum Gasteiger partial charge on any atom is -0.598 e. The second kappa shape index (κ2) is 8.74. The summed E-state index contributed by atoms with van der Waals surface area (Å²) in [7, 11) is -3.82. The summed E-state index contributed by atoms with van der Waals surface area (Å²) < 4.78 is 41.6. The Morgan fingerprint density at radius 2 is 1.93 bits per heavy atom. The number of nitrogens with one attached hydrogen (secondary N) is 1. The molecule has 1 aromatic rings. The lowest BCUT2D eigenvalue weighted by molar-refractivity contribution is 0.415. The lowest BCUT2D eigenvalue weighted by Crippen LogP contribution is -2.55. The molecule has 28 heavy (non-hydrogen) atoms. The molecule has 2 atom stereocenters. The highest BCUT2D eigenvalue weighted by Crippen LogP contribution is 2.43. The molecule has 0 amide bonds. The highest BCUT2D eigenvalue weighted by atomic mass is 79.9. The first-order valence-corrected chi connectivity index (χ1v) is 13.8. The van der Waals surface area contributed by atoms with Gasteiger partial charge in [0.25, 0.3) is 0 Å². The SMILES string of the molecule is CC(C)(C)[S@@+]([O-])N[C@@](C)(CS(=O)(=O)C1(C#N)CCCCC1)c1sc(Br)cc1Cl. The fourth-order valence-corrected chi connectivity index (χ4v) is 9.01. The van der Waals surface area contributed by atoms with Crippen LogP contribution in [0.2, 0.25) is 5.02 Å². The number of rotatable bonds is 6. The molecule has 1 aliphatic carbocycles. The predicted octanol–water partition coefficient (Wildman–Crippen LogP) is 5.07. The van der Waals surface area contributed by atoms with E-state index in [4.69, 9.17) is 11.6 Å². The quantitative estimate of drug-likeness (QED) is 0.519. The number of halogens is 2. The van der Waals surface area contributed by atoms with E-state index in [0.29, 0.717) is 22.7 Å². The summed E-state index contributed by atoms with van der Waals surface area (Å²) in [6.07, 6.45) is 3.05. The molecule has 1 aliphatic rings. The first-order valence-electron chi connectivity index (χ1n) is 9.05. The Bertz CT molecular complexity index is 854. The minimum absolute atomic E-state index is 0.339. The molecule has 0 unspecified atom stereocenters. The van der Waals surface area contributed by atoms with Crippen molar-refractivity contribution in [3.05, 3.63) is 19.8 Å². The fourth-order valence-electron chi connectivity index (χ4n) is 3.35. The van der Waals surface area contributed by atoms with E-state index in [1.807, 2.05) is 20.8 Å². The average Bonchev–Trinajstić information content (AvgIpc) is 2.93. The van der Waals surface area contributed by atoms with Crippen LogP contribution in [0.5, 0.6) is 0 Å². The Hall–Kier alpha value is 0.180. The van der Waals surface area contributed by atoms with Gasteiger partial charge < -0.3 is 4.55 Å². The van der Waals surface area contributed by atoms with Gasteiger partial charge in [0.1, 0.15) is 10.3 Å². The Morgan fingerprint density at radius 1 is 1.36 bits per heavy atom. The van der Waals surface area contributed by atoms with Crippen LogP contribution in [-0.4, -0.2) is 28.2 Å². The van der Waals surface area contributed by atoms with Gasteiger partial charge in [0.2, 0.25) is 0 Å². The van der Waals surface area contributed by atoms with Crippen LogP contribution in [0.1, 0.15) is 64.7 Å². The molecule has 0 spiro atoms. The topological polar surface area (TPSA) is 93.0 Å². The van der Waals surface area contributed by atoms with Gasteiger partial charge in [-0.2, -0.15) is 5.26 Å². The average molecular weight is 530 g/mol. The van der Waals surface area contributed by atoms with Gasteiger partial charge in [-0.15, -0.1) is 16.1 Å². The molecule has 10 heteroatoms. The summed E-state index contributed by atoms with van der Waals surface area (Å²) >= 11 is 9.56. The molecule has 5 nitrogen and oxygen atoms in total. The molecule has 0 aliphatic heterocycles. The first kappa shape index (κ1) is 24.4. The number of hydrogen-bond donors (Lipinski definition) is 1. The summed E-state index contributed by atoms with van der Waals surface area (Å²) in [5, 5.41) is 10.2. The van der Waals surface area contributed by atoms with Gasteiger partial charge >= 0.3 is 0 Å². The molecule has 0 bridgehead atoms. The van der Waals surface area contributed by atoms with E-state index in [9.17, 15) is 18.2 Å². The number of nitriles is 1. The Labute approximate surface area is 188 Å². The van der Waals surface area contributed by atoms with Gasteiger partial charge in [-0.25, -0.2) is 8.42 Å². The van der Waals surface area contributed by atoms with E-state index >= 15 is 0 Å². The monoisotopic (exact) mass is 528 g/mol. The largest absolute Gasteiger partial charge is 0.598 e. The minimum atomic E-state index is -3.82. The highest BCUT2D eigenvalue weighted by Gasteiger charge is 2.51. The van der Waals surface area contributed by atoms with Crippen LogP contribution in [0.25, 0.3) is 0 Å². The van der Waals surface area contributed by atoms with Gasteiger partial charge in [-0.3, -0.25) is 0 Å². The van der Waals surface area contributed by atoms with Gasteiger partial charge in [-0.1, -0.05) is 30.9 Å². The zero-order valence-electron chi connectivity index (χ0n) is 16.5. The molecule has 0 saturated heterocycles. The van der Waals surface area contributed by atoms with Crippen molar-refractivity contribution in [2.75, 3.05) is 5.75 Å². The second-order valence-corrected chi connectivity index (χ2v) is 15.6. The van der Waals surface area contributed by atoms with Crippen LogP contribution in [0, 0.1) is 11.3 Å².